The Morgan fingerprint density at radius 1 is 0.886 bits per heavy atom. The Labute approximate surface area is 272 Å². The van der Waals surface area contributed by atoms with Crippen molar-refractivity contribution < 1.29 is 14.7 Å². The van der Waals surface area contributed by atoms with Crippen LogP contribution in [0.3, 0.4) is 0 Å². The first kappa shape index (κ1) is 31.8. The summed E-state index contributed by atoms with van der Waals surface area (Å²) in [5.74, 6) is -0.240. The molecule has 1 saturated heterocycles. The molecule has 0 atom stereocenters. The number of nitrogens with zero attached hydrogens (tertiary/aromatic N) is 4. The number of amides is 1. The summed E-state index contributed by atoms with van der Waals surface area (Å²) < 4.78 is 0. The van der Waals surface area contributed by atoms with Gasteiger partial charge in [0.1, 0.15) is 0 Å². The fraction of sp³-hybridized carbons (Fsp3) is 0.294. The quantitative estimate of drug-likeness (QED) is 0.180. The zero-order valence-electron chi connectivity index (χ0n) is 24.1. The average Bonchev–Trinajstić information content (AvgIpc) is 3.02. The van der Waals surface area contributed by atoms with E-state index in [9.17, 15) is 14.7 Å². The summed E-state index contributed by atoms with van der Waals surface area (Å²) in [6.07, 6.45) is 4.62. The SMILES string of the molecule is O=C(O)CCN(Cc1ccc(Cl)cc1)C(=O)c1cnc(N2CCC(Cc3ccccc3)CC2)nc1Cc1c(Cl)cccc1Cl. The maximum absolute atomic E-state index is 14.1. The van der Waals surface area contributed by atoms with Crippen LogP contribution in [0.4, 0.5) is 5.95 Å². The summed E-state index contributed by atoms with van der Waals surface area (Å²) in [4.78, 5) is 38.8. The fourth-order valence-electron chi connectivity index (χ4n) is 5.49. The molecule has 3 aromatic carbocycles. The molecule has 228 valence electrons. The molecule has 0 radical (unpaired) electrons. The van der Waals surface area contributed by atoms with Crippen molar-refractivity contribution in [2.24, 2.45) is 5.92 Å². The van der Waals surface area contributed by atoms with Gasteiger partial charge in [0.2, 0.25) is 5.95 Å². The Balaban J connectivity index is 1.42. The number of carboxylic acid groups (broad SMARTS) is 1. The van der Waals surface area contributed by atoms with E-state index in [1.54, 1.807) is 36.5 Å². The topological polar surface area (TPSA) is 86.6 Å². The van der Waals surface area contributed by atoms with Gasteiger partial charge in [0.15, 0.2) is 0 Å². The van der Waals surface area contributed by atoms with E-state index in [1.165, 1.54) is 10.5 Å². The van der Waals surface area contributed by atoms with Gasteiger partial charge >= 0.3 is 5.97 Å². The van der Waals surface area contributed by atoms with Gasteiger partial charge in [-0.05, 0) is 66.1 Å². The molecule has 1 fully saturated rings. The lowest BCUT2D eigenvalue weighted by atomic mass is 9.90. The lowest BCUT2D eigenvalue weighted by Gasteiger charge is -2.32. The third-order valence-corrected chi connectivity index (χ3v) is 8.89. The van der Waals surface area contributed by atoms with Crippen molar-refractivity contribution in [3.05, 3.63) is 122 Å². The Hall–Kier alpha value is -3.65. The van der Waals surface area contributed by atoms with Gasteiger partial charge in [-0.2, -0.15) is 0 Å². The van der Waals surface area contributed by atoms with Crippen LogP contribution in [0.25, 0.3) is 0 Å². The predicted octanol–water partition coefficient (Wildman–Crippen LogP) is 7.60. The van der Waals surface area contributed by atoms with Crippen molar-refractivity contribution in [3.8, 4) is 0 Å². The molecule has 0 unspecified atom stereocenters. The van der Waals surface area contributed by atoms with Gasteiger partial charge in [0.05, 0.1) is 17.7 Å². The van der Waals surface area contributed by atoms with Crippen molar-refractivity contribution in [2.45, 2.75) is 38.6 Å². The molecule has 0 aliphatic carbocycles. The molecule has 0 bridgehead atoms. The van der Waals surface area contributed by atoms with E-state index in [0.717, 1.165) is 37.9 Å². The number of rotatable bonds is 11. The zero-order chi connectivity index (χ0) is 31.1. The molecule has 0 spiro atoms. The summed E-state index contributed by atoms with van der Waals surface area (Å²) >= 11 is 19.1. The van der Waals surface area contributed by atoms with Crippen LogP contribution in [0.1, 0.15) is 52.0 Å². The van der Waals surface area contributed by atoms with Crippen LogP contribution in [0.5, 0.6) is 0 Å². The van der Waals surface area contributed by atoms with Crippen LogP contribution in [0.2, 0.25) is 15.1 Å². The van der Waals surface area contributed by atoms with Crippen molar-refractivity contribution in [2.75, 3.05) is 24.5 Å². The standard InChI is InChI=1S/C34H33Cl3N4O3/c35-26-11-9-25(10-12-26)22-41(18-15-32(42)43)33(44)28-21-38-34(39-31(28)20-27-29(36)7-4-8-30(27)37)40-16-13-24(14-17-40)19-23-5-2-1-3-6-23/h1-12,21,24H,13-20,22H2,(H,42,43). The molecule has 1 aliphatic heterocycles. The lowest BCUT2D eigenvalue weighted by Crippen LogP contribution is -2.36. The van der Waals surface area contributed by atoms with E-state index in [4.69, 9.17) is 39.8 Å². The molecular formula is C34H33Cl3N4O3. The first-order chi connectivity index (χ1) is 21.3. The van der Waals surface area contributed by atoms with Crippen LogP contribution >= 0.6 is 34.8 Å². The molecule has 5 rings (SSSR count). The lowest BCUT2D eigenvalue weighted by molar-refractivity contribution is -0.137. The molecule has 1 amide bonds. The molecule has 44 heavy (non-hydrogen) atoms. The highest BCUT2D eigenvalue weighted by atomic mass is 35.5. The Bertz CT molecular complexity index is 1570. The molecular weight excluding hydrogens is 619 g/mol. The minimum absolute atomic E-state index is 0.0137. The molecule has 0 saturated carbocycles. The molecule has 1 aromatic heterocycles. The molecule has 7 nitrogen and oxygen atoms in total. The smallest absolute Gasteiger partial charge is 0.305 e. The summed E-state index contributed by atoms with van der Waals surface area (Å²) in [5, 5.41) is 10.9. The molecule has 10 heteroatoms. The second-order valence-corrected chi connectivity index (χ2v) is 12.3. The number of hydrogen-bond acceptors (Lipinski definition) is 5. The van der Waals surface area contributed by atoms with Crippen molar-refractivity contribution >= 4 is 52.6 Å². The fourth-order valence-corrected chi connectivity index (χ4v) is 6.15. The van der Waals surface area contributed by atoms with Gasteiger partial charge in [-0.1, -0.05) is 83.3 Å². The van der Waals surface area contributed by atoms with Crippen molar-refractivity contribution in [3.63, 3.8) is 0 Å². The molecule has 1 aliphatic rings. The number of anilines is 1. The highest BCUT2D eigenvalue weighted by Gasteiger charge is 2.26. The largest absolute Gasteiger partial charge is 0.481 e. The van der Waals surface area contributed by atoms with Gasteiger partial charge in [0.25, 0.3) is 5.91 Å². The maximum Gasteiger partial charge on any atom is 0.305 e. The Morgan fingerprint density at radius 2 is 1.57 bits per heavy atom. The van der Waals surface area contributed by atoms with Crippen LogP contribution in [0, 0.1) is 5.92 Å². The van der Waals surface area contributed by atoms with E-state index in [2.05, 4.69) is 34.1 Å². The monoisotopic (exact) mass is 650 g/mol. The average molecular weight is 652 g/mol. The van der Waals surface area contributed by atoms with Crippen LogP contribution in [-0.4, -0.2) is 51.5 Å². The third kappa shape index (κ3) is 8.29. The van der Waals surface area contributed by atoms with E-state index in [-0.39, 0.29) is 37.4 Å². The van der Waals surface area contributed by atoms with Crippen LogP contribution in [0.15, 0.2) is 79.0 Å². The number of hydrogen-bond donors (Lipinski definition) is 1. The molecule has 4 aromatic rings. The van der Waals surface area contributed by atoms with Gasteiger partial charge in [-0.25, -0.2) is 9.97 Å². The Kier molecular flexibility index (Phi) is 10.7. The summed E-state index contributed by atoms with van der Waals surface area (Å²) in [7, 11) is 0. The van der Waals surface area contributed by atoms with Crippen molar-refractivity contribution in [1.82, 2.24) is 14.9 Å². The minimum atomic E-state index is -0.996. The highest BCUT2D eigenvalue weighted by Crippen LogP contribution is 2.30. The van der Waals surface area contributed by atoms with Crippen molar-refractivity contribution in [1.29, 1.82) is 0 Å². The van der Waals surface area contributed by atoms with Gasteiger partial charge < -0.3 is 14.9 Å². The first-order valence-corrected chi connectivity index (χ1v) is 15.7. The first-order valence-electron chi connectivity index (χ1n) is 14.6. The minimum Gasteiger partial charge on any atom is -0.481 e. The summed E-state index contributed by atoms with van der Waals surface area (Å²) in [6, 6.07) is 22.9. The maximum atomic E-state index is 14.1. The second-order valence-electron chi connectivity index (χ2n) is 11.0. The number of piperidine rings is 1. The van der Waals surface area contributed by atoms with E-state index < -0.39 is 5.97 Å². The predicted molar refractivity (Wildman–Crippen MR) is 175 cm³/mol. The van der Waals surface area contributed by atoms with Crippen LogP contribution < -0.4 is 4.90 Å². The summed E-state index contributed by atoms with van der Waals surface area (Å²) in [5.41, 5.74) is 3.58. The van der Waals surface area contributed by atoms with E-state index >= 15 is 0 Å². The third-order valence-electron chi connectivity index (χ3n) is 7.93. The summed E-state index contributed by atoms with van der Waals surface area (Å²) in [6.45, 7) is 1.82. The van der Waals surface area contributed by atoms with E-state index in [0.29, 0.717) is 38.2 Å². The van der Waals surface area contributed by atoms with Crippen LogP contribution in [-0.2, 0) is 24.2 Å². The Morgan fingerprint density at radius 3 is 2.23 bits per heavy atom. The number of benzene rings is 3. The number of carbonyl (C=O) groups excluding carboxylic acids is 1. The van der Waals surface area contributed by atoms with E-state index in [1.807, 2.05) is 18.2 Å². The second kappa shape index (κ2) is 14.9. The number of aromatic nitrogens is 2. The highest BCUT2D eigenvalue weighted by molar-refractivity contribution is 6.36. The van der Waals surface area contributed by atoms with Gasteiger partial charge in [-0.3, -0.25) is 9.59 Å². The van der Waals surface area contributed by atoms with Gasteiger partial charge in [0, 0.05) is 53.9 Å². The molecule has 2 heterocycles. The molecule has 1 N–H and O–H groups in total. The number of carboxylic acids is 1. The normalized spacial score (nSPS) is 13.6. The zero-order valence-corrected chi connectivity index (χ0v) is 26.4. The number of aliphatic carboxylic acids is 1. The van der Waals surface area contributed by atoms with Gasteiger partial charge in [-0.15, -0.1) is 0 Å². The number of halogens is 3. The number of carbonyl (C=O) groups is 2.